The molecular weight excluding hydrogens is 300 g/mol. The summed E-state index contributed by atoms with van der Waals surface area (Å²) in [5.74, 6) is -1.12. The standard InChI is InChI=1S/C16H12N2O3S/c19-12-7-3-2-6-11(12)15(20)17-18-16(21)14-9-10-5-1-4-8-13(10)22-14/h1-9,19H,(H,17,20)(H,18,21). The average molecular weight is 312 g/mol. The van der Waals surface area contributed by atoms with Gasteiger partial charge in [-0.2, -0.15) is 0 Å². The monoisotopic (exact) mass is 312 g/mol. The van der Waals surface area contributed by atoms with Gasteiger partial charge in [0.2, 0.25) is 0 Å². The molecule has 0 aliphatic carbocycles. The zero-order chi connectivity index (χ0) is 15.5. The SMILES string of the molecule is O=C(NNC(=O)c1ccccc1O)c1cc2ccccc2s1. The van der Waals surface area contributed by atoms with Gasteiger partial charge in [-0.1, -0.05) is 30.3 Å². The lowest BCUT2D eigenvalue weighted by molar-refractivity contribution is 0.0847. The van der Waals surface area contributed by atoms with Gasteiger partial charge in [-0.15, -0.1) is 11.3 Å². The van der Waals surface area contributed by atoms with Crippen molar-refractivity contribution in [1.82, 2.24) is 10.9 Å². The normalized spacial score (nSPS) is 10.4. The maximum absolute atomic E-state index is 12.1. The molecular formula is C16H12N2O3S. The highest BCUT2D eigenvalue weighted by molar-refractivity contribution is 7.20. The van der Waals surface area contributed by atoms with Crippen LogP contribution >= 0.6 is 11.3 Å². The van der Waals surface area contributed by atoms with Gasteiger partial charge in [-0.25, -0.2) is 0 Å². The van der Waals surface area contributed by atoms with Crippen LogP contribution in [0.2, 0.25) is 0 Å². The van der Waals surface area contributed by atoms with E-state index in [9.17, 15) is 14.7 Å². The fourth-order valence-electron chi connectivity index (χ4n) is 2.00. The number of aromatic hydroxyl groups is 1. The van der Waals surface area contributed by atoms with Gasteiger partial charge in [0.25, 0.3) is 11.8 Å². The van der Waals surface area contributed by atoms with E-state index in [-0.39, 0.29) is 11.3 Å². The van der Waals surface area contributed by atoms with Gasteiger partial charge in [-0.05, 0) is 29.7 Å². The number of nitrogens with one attached hydrogen (secondary N) is 2. The maximum atomic E-state index is 12.1. The molecule has 0 atom stereocenters. The molecule has 3 N–H and O–H groups in total. The molecule has 0 unspecified atom stereocenters. The van der Waals surface area contributed by atoms with E-state index < -0.39 is 11.8 Å². The summed E-state index contributed by atoms with van der Waals surface area (Å²) in [5, 5.41) is 10.6. The first-order valence-corrected chi connectivity index (χ1v) is 7.34. The Hall–Kier alpha value is -2.86. The summed E-state index contributed by atoms with van der Waals surface area (Å²) < 4.78 is 1.000. The van der Waals surface area contributed by atoms with Crippen molar-refractivity contribution in [3.8, 4) is 5.75 Å². The molecule has 6 heteroatoms. The van der Waals surface area contributed by atoms with Crippen LogP contribution in [0, 0.1) is 0 Å². The number of rotatable bonds is 2. The van der Waals surface area contributed by atoms with E-state index >= 15 is 0 Å². The highest BCUT2D eigenvalue weighted by atomic mass is 32.1. The first-order chi connectivity index (χ1) is 10.6. The first-order valence-electron chi connectivity index (χ1n) is 6.52. The van der Waals surface area contributed by atoms with Gasteiger partial charge in [-0.3, -0.25) is 20.4 Å². The summed E-state index contributed by atoms with van der Waals surface area (Å²) in [7, 11) is 0. The van der Waals surface area contributed by atoms with Gasteiger partial charge in [0.05, 0.1) is 10.4 Å². The number of thiophene rings is 1. The van der Waals surface area contributed by atoms with Crippen molar-refractivity contribution < 1.29 is 14.7 Å². The molecule has 0 spiro atoms. The molecule has 0 fully saturated rings. The van der Waals surface area contributed by atoms with E-state index in [2.05, 4.69) is 10.9 Å². The molecule has 3 aromatic rings. The number of amides is 2. The molecule has 22 heavy (non-hydrogen) atoms. The Morgan fingerprint density at radius 2 is 1.59 bits per heavy atom. The summed E-state index contributed by atoms with van der Waals surface area (Å²) in [4.78, 5) is 24.4. The summed E-state index contributed by atoms with van der Waals surface area (Å²) in [6, 6.07) is 15.5. The molecule has 5 nitrogen and oxygen atoms in total. The number of phenols is 1. The van der Waals surface area contributed by atoms with Crippen LogP contribution in [0.15, 0.2) is 54.6 Å². The molecule has 0 bridgehead atoms. The minimum atomic E-state index is -0.576. The van der Waals surface area contributed by atoms with Gasteiger partial charge in [0, 0.05) is 4.70 Å². The molecule has 2 amide bonds. The summed E-state index contributed by atoms with van der Waals surface area (Å²) in [5.41, 5.74) is 4.73. The first kappa shape index (κ1) is 14.1. The van der Waals surface area contributed by atoms with E-state index in [1.54, 1.807) is 18.2 Å². The van der Waals surface area contributed by atoms with Crippen LogP contribution < -0.4 is 10.9 Å². The minimum Gasteiger partial charge on any atom is -0.507 e. The van der Waals surface area contributed by atoms with E-state index in [1.165, 1.54) is 23.5 Å². The number of phenolic OH excluding ortho intramolecular Hbond substituents is 1. The Balaban J connectivity index is 1.69. The number of benzene rings is 2. The second-order valence-corrected chi connectivity index (χ2v) is 5.66. The maximum Gasteiger partial charge on any atom is 0.279 e. The second kappa shape index (κ2) is 5.87. The van der Waals surface area contributed by atoms with Crippen molar-refractivity contribution >= 4 is 33.2 Å². The fourth-order valence-corrected chi connectivity index (χ4v) is 2.96. The topological polar surface area (TPSA) is 78.4 Å². The quantitative estimate of drug-likeness (QED) is 0.637. The Labute approximate surface area is 130 Å². The molecule has 1 heterocycles. The highest BCUT2D eigenvalue weighted by Gasteiger charge is 2.13. The van der Waals surface area contributed by atoms with Gasteiger partial charge >= 0.3 is 0 Å². The van der Waals surface area contributed by atoms with Crippen molar-refractivity contribution in [3.05, 3.63) is 65.0 Å². The van der Waals surface area contributed by atoms with Crippen LogP contribution in [0.25, 0.3) is 10.1 Å². The lowest BCUT2D eigenvalue weighted by Gasteiger charge is -2.07. The fraction of sp³-hybridized carbons (Fsp3) is 0. The van der Waals surface area contributed by atoms with Crippen molar-refractivity contribution in [2.75, 3.05) is 0 Å². The van der Waals surface area contributed by atoms with Crippen molar-refractivity contribution in [1.29, 1.82) is 0 Å². The van der Waals surface area contributed by atoms with Crippen LogP contribution in [0.1, 0.15) is 20.0 Å². The lowest BCUT2D eigenvalue weighted by atomic mass is 10.2. The minimum absolute atomic E-state index is 0.0964. The predicted octanol–water partition coefficient (Wildman–Crippen LogP) is 2.68. The summed E-state index contributed by atoms with van der Waals surface area (Å²) >= 11 is 1.34. The van der Waals surface area contributed by atoms with Crippen molar-refractivity contribution in [2.45, 2.75) is 0 Å². The molecule has 2 aromatic carbocycles. The molecule has 1 aromatic heterocycles. The second-order valence-electron chi connectivity index (χ2n) is 4.57. The number of hydrogen-bond donors (Lipinski definition) is 3. The highest BCUT2D eigenvalue weighted by Crippen LogP contribution is 2.24. The number of hydrogen-bond acceptors (Lipinski definition) is 4. The zero-order valence-corrected chi connectivity index (χ0v) is 12.2. The van der Waals surface area contributed by atoms with Gasteiger partial charge in [0.15, 0.2) is 0 Å². The van der Waals surface area contributed by atoms with Crippen LogP contribution in [0.5, 0.6) is 5.75 Å². The van der Waals surface area contributed by atoms with Crippen molar-refractivity contribution in [3.63, 3.8) is 0 Å². The molecule has 0 aliphatic heterocycles. The molecule has 0 saturated heterocycles. The molecule has 3 rings (SSSR count). The van der Waals surface area contributed by atoms with Crippen LogP contribution in [-0.4, -0.2) is 16.9 Å². The third-order valence-electron chi connectivity index (χ3n) is 3.09. The number of fused-ring (bicyclic) bond motifs is 1. The third kappa shape index (κ3) is 2.77. The Morgan fingerprint density at radius 1 is 0.909 bits per heavy atom. The van der Waals surface area contributed by atoms with E-state index in [4.69, 9.17) is 0 Å². The third-order valence-corrected chi connectivity index (χ3v) is 4.20. The van der Waals surface area contributed by atoms with Crippen LogP contribution in [-0.2, 0) is 0 Å². The predicted molar refractivity (Wildman–Crippen MR) is 84.9 cm³/mol. The van der Waals surface area contributed by atoms with E-state index in [0.717, 1.165) is 10.1 Å². The largest absolute Gasteiger partial charge is 0.507 e. The Bertz CT molecular complexity index is 824. The Kier molecular flexibility index (Phi) is 3.76. The Morgan fingerprint density at radius 3 is 2.36 bits per heavy atom. The van der Waals surface area contributed by atoms with Gasteiger partial charge < -0.3 is 5.11 Å². The van der Waals surface area contributed by atoms with Gasteiger partial charge in [0.1, 0.15) is 5.75 Å². The van der Waals surface area contributed by atoms with E-state index in [0.29, 0.717) is 4.88 Å². The molecule has 0 saturated carbocycles. The summed E-state index contributed by atoms with van der Waals surface area (Å²) in [6.45, 7) is 0. The molecule has 0 radical (unpaired) electrons. The van der Waals surface area contributed by atoms with E-state index in [1.807, 2.05) is 24.3 Å². The lowest BCUT2D eigenvalue weighted by Crippen LogP contribution is -2.41. The van der Waals surface area contributed by atoms with Crippen LogP contribution in [0.3, 0.4) is 0 Å². The number of para-hydroxylation sites is 1. The molecule has 110 valence electrons. The molecule has 0 aliphatic rings. The average Bonchev–Trinajstić information content (AvgIpc) is 2.97. The summed E-state index contributed by atoms with van der Waals surface area (Å²) in [6.07, 6.45) is 0. The zero-order valence-electron chi connectivity index (χ0n) is 11.4. The number of carbonyl (C=O) groups is 2. The smallest absolute Gasteiger partial charge is 0.279 e. The van der Waals surface area contributed by atoms with Crippen molar-refractivity contribution in [2.24, 2.45) is 0 Å². The number of carbonyl (C=O) groups excluding carboxylic acids is 2. The van der Waals surface area contributed by atoms with Crippen LogP contribution in [0.4, 0.5) is 0 Å². The number of hydrazine groups is 1.